The van der Waals surface area contributed by atoms with Crippen LogP contribution in [0.25, 0.3) is 0 Å². The summed E-state index contributed by atoms with van der Waals surface area (Å²) in [5, 5.41) is 5.10. The molecule has 1 N–H and O–H groups in total. The number of hydrogen-bond donors (Lipinski definition) is 1. The van der Waals surface area contributed by atoms with E-state index < -0.39 is 0 Å². The van der Waals surface area contributed by atoms with Gasteiger partial charge in [0.2, 0.25) is 0 Å². The van der Waals surface area contributed by atoms with Gasteiger partial charge in [-0.05, 0) is 18.4 Å². The summed E-state index contributed by atoms with van der Waals surface area (Å²) in [6.45, 7) is 2.04. The van der Waals surface area contributed by atoms with E-state index in [-0.39, 0.29) is 12.0 Å². The van der Waals surface area contributed by atoms with Gasteiger partial charge >= 0.3 is 5.97 Å². The van der Waals surface area contributed by atoms with E-state index in [0.717, 1.165) is 0 Å². The molecule has 0 bridgehead atoms. The molecule has 0 radical (unpaired) electrons. The lowest BCUT2D eigenvalue weighted by molar-refractivity contribution is -0.134. The van der Waals surface area contributed by atoms with Gasteiger partial charge in [-0.15, -0.1) is 11.3 Å². The molecule has 1 atom stereocenters. The summed E-state index contributed by atoms with van der Waals surface area (Å²) in [6, 6.07) is 4.27. The van der Waals surface area contributed by atoms with Crippen LogP contribution in [0.4, 0.5) is 0 Å². The van der Waals surface area contributed by atoms with Crippen molar-refractivity contribution in [3.8, 4) is 0 Å². The maximum absolute atomic E-state index is 10.7. The van der Waals surface area contributed by atoms with Crippen molar-refractivity contribution in [3.05, 3.63) is 34.7 Å². The molecule has 0 fully saturated rings. The number of thiophene rings is 1. The van der Waals surface area contributed by atoms with E-state index in [2.05, 4.69) is 10.1 Å². The van der Waals surface area contributed by atoms with Crippen LogP contribution in [0.3, 0.4) is 0 Å². The second-order valence-electron chi connectivity index (χ2n) is 2.76. The lowest BCUT2D eigenvalue weighted by Crippen LogP contribution is -2.11. The molecule has 1 aromatic rings. The smallest absolute Gasteiger partial charge is 0.331 e. The Bertz CT molecular complexity index is 306. The monoisotopic (exact) mass is 211 g/mol. The van der Waals surface area contributed by atoms with Crippen molar-refractivity contribution in [2.75, 3.05) is 7.11 Å². The van der Waals surface area contributed by atoms with Crippen LogP contribution in [-0.2, 0) is 9.53 Å². The van der Waals surface area contributed by atoms with Gasteiger partial charge in [0.05, 0.1) is 13.2 Å². The molecule has 0 unspecified atom stereocenters. The summed E-state index contributed by atoms with van der Waals surface area (Å²) in [4.78, 5) is 12.0. The fraction of sp³-hybridized carbons (Fsp3) is 0.300. The molecule has 76 valence electrons. The van der Waals surface area contributed by atoms with E-state index in [9.17, 15) is 4.79 Å². The first-order chi connectivity index (χ1) is 6.74. The second-order valence-corrected chi connectivity index (χ2v) is 3.74. The SMILES string of the molecule is COC(=O)/C=C/N[C@@H](C)c1cccs1. The van der Waals surface area contributed by atoms with E-state index in [1.165, 1.54) is 18.1 Å². The van der Waals surface area contributed by atoms with E-state index in [4.69, 9.17) is 0 Å². The highest BCUT2D eigenvalue weighted by atomic mass is 32.1. The van der Waals surface area contributed by atoms with Crippen molar-refractivity contribution in [2.45, 2.75) is 13.0 Å². The number of methoxy groups -OCH3 is 1. The summed E-state index contributed by atoms with van der Waals surface area (Å²) in [6.07, 6.45) is 2.97. The largest absolute Gasteiger partial charge is 0.466 e. The minimum atomic E-state index is -0.351. The van der Waals surface area contributed by atoms with Crippen molar-refractivity contribution < 1.29 is 9.53 Å². The predicted octanol–water partition coefficient (Wildman–Crippen LogP) is 2.09. The van der Waals surface area contributed by atoms with Crippen LogP contribution in [0.2, 0.25) is 0 Å². The number of esters is 1. The Hall–Kier alpha value is -1.29. The molecule has 0 aliphatic rings. The zero-order valence-electron chi connectivity index (χ0n) is 8.19. The predicted molar refractivity (Wildman–Crippen MR) is 57.0 cm³/mol. The van der Waals surface area contributed by atoms with Gasteiger partial charge < -0.3 is 10.1 Å². The van der Waals surface area contributed by atoms with E-state index in [0.29, 0.717) is 0 Å². The highest BCUT2D eigenvalue weighted by Crippen LogP contribution is 2.17. The van der Waals surface area contributed by atoms with Gasteiger partial charge in [-0.3, -0.25) is 0 Å². The third kappa shape index (κ3) is 3.22. The Morgan fingerprint density at radius 3 is 3.07 bits per heavy atom. The summed E-state index contributed by atoms with van der Waals surface area (Å²) in [7, 11) is 1.36. The molecule has 0 spiro atoms. The molecule has 0 saturated carbocycles. The molecule has 0 amide bonds. The van der Waals surface area contributed by atoms with Gasteiger partial charge in [-0.2, -0.15) is 0 Å². The number of ether oxygens (including phenoxy) is 1. The third-order valence-corrected chi connectivity index (χ3v) is 2.79. The van der Waals surface area contributed by atoms with Crippen LogP contribution in [0, 0.1) is 0 Å². The highest BCUT2D eigenvalue weighted by Gasteiger charge is 2.02. The Morgan fingerprint density at radius 1 is 1.71 bits per heavy atom. The lowest BCUT2D eigenvalue weighted by Gasteiger charge is -2.08. The number of hydrogen-bond acceptors (Lipinski definition) is 4. The molecule has 0 saturated heterocycles. The van der Waals surface area contributed by atoms with Crippen molar-refractivity contribution in [1.29, 1.82) is 0 Å². The van der Waals surface area contributed by atoms with Crippen LogP contribution >= 0.6 is 11.3 Å². The maximum atomic E-state index is 10.7. The van der Waals surface area contributed by atoms with Crippen LogP contribution < -0.4 is 5.32 Å². The quantitative estimate of drug-likeness (QED) is 0.612. The molecule has 0 aliphatic heterocycles. The summed E-state index contributed by atoms with van der Waals surface area (Å²) < 4.78 is 4.46. The highest BCUT2D eigenvalue weighted by molar-refractivity contribution is 7.10. The van der Waals surface area contributed by atoms with Crippen molar-refractivity contribution in [3.63, 3.8) is 0 Å². The van der Waals surface area contributed by atoms with Crippen LogP contribution in [-0.4, -0.2) is 13.1 Å². The molecule has 14 heavy (non-hydrogen) atoms. The number of carbonyl (C=O) groups is 1. The van der Waals surface area contributed by atoms with E-state index in [1.54, 1.807) is 17.5 Å². The molecular weight excluding hydrogens is 198 g/mol. The van der Waals surface area contributed by atoms with Gasteiger partial charge in [-0.1, -0.05) is 6.07 Å². The van der Waals surface area contributed by atoms with Gasteiger partial charge in [0.25, 0.3) is 0 Å². The first kappa shape index (κ1) is 10.8. The van der Waals surface area contributed by atoms with Crippen LogP contribution in [0.5, 0.6) is 0 Å². The number of carbonyl (C=O) groups excluding carboxylic acids is 1. The third-order valence-electron chi connectivity index (χ3n) is 1.74. The average molecular weight is 211 g/mol. The van der Waals surface area contributed by atoms with E-state index in [1.807, 2.05) is 24.4 Å². The molecule has 0 aromatic carbocycles. The van der Waals surface area contributed by atoms with Crippen LogP contribution in [0.15, 0.2) is 29.8 Å². The summed E-state index contributed by atoms with van der Waals surface area (Å²) in [5.74, 6) is -0.351. The molecule has 3 nitrogen and oxygen atoms in total. The van der Waals surface area contributed by atoms with Crippen molar-refractivity contribution in [1.82, 2.24) is 5.32 Å². The fourth-order valence-corrected chi connectivity index (χ4v) is 1.69. The normalized spacial score (nSPS) is 12.7. The van der Waals surface area contributed by atoms with Gasteiger partial charge in [0.15, 0.2) is 0 Å². The summed E-state index contributed by atoms with van der Waals surface area (Å²) >= 11 is 1.68. The lowest BCUT2D eigenvalue weighted by atomic mass is 10.3. The maximum Gasteiger partial charge on any atom is 0.331 e. The Morgan fingerprint density at radius 2 is 2.50 bits per heavy atom. The Kier molecular flexibility index (Phi) is 4.19. The fourth-order valence-electron chi connectivity index (χ4n) is 0.948. The topological polar surface area (TPSA) is 38.3 Å². The minimum absolute atomic E-state index is 0.218. The molecule has 0 aliphatic carbocycles. The van der Waals surface area contributed by atoms with Gasteiger partial charge in [-0.25, -0.2) is 4.79 Å². The standard InChI is InChI=1S/C10H13NO2S/c1-8(9-4-3-7-14-9)11-6-5-10(12)13-2/h3-8,11H,1-2H3/b6-5+/t8-/m0/s1. The summed E-state index contributed by atoms with van der Waals surface area (Å²) in [5.41, 5.74) is 0. The van der Waals surface area contributed by atoms with Crippen LogP contribution in [0.1, 0.15) is 17.8 Å². The Balaban J connectivity index is 2.39. The molecular formula is C10H13NO2S. The minimum Gasteiger partial charge on any atom is -0.466 e. The molecule has 1 rings (SSSR count). The van der Waals surface area contributed by atoms with Gasteiger partial charge in [0.1, 0.15) is 0 Å². The van der Waals surface area contributed by atoms with Gasteiger partial charge in [0, 0.05) is 17.2 Å². The molecule has 4 heteroatoms. The number of nitrogens with one attached hydrogen (secondary N) is 1. The first-order valence-electron chi connectivity index (χ1n) is 4.28. The number of rotatable bonds is 4. The van der Waals surface area contributed by atoms with Crippen molar-refractivity contribution >= 4 is 17.3 Å². The zero-order valence-corrected chi connectivity index (χ0v) is 9.01. The second kappa shape index (κ2) is 5.44. The average Bonchev–Trinajstić information content (AvgIpc) is 2.70. The molecule has 1 aromatic heterocycles. The van der Waals surface area contributed by atoms with Crippen molar-refractivity contribution in [2.24, 2.45) is 0 Å². The molecule has 1 heterocycles. The van der Waals surface area contributed by atoms with E-state index >= 15 is 0 Å². The Labute approximate surface area is 87.4 Å². The zero-order chi connectivity index (χ0) is 10.4. The first-order valence-corrected chi connectivity index (χ1v) is 5.16.